The van der Waals surface area contributed by atoms with E-state index in [1.165, 1.54) is 6.08 Å². The highest BCUT2D eigenvalue weighted by Crippen LogP contribution is 2.33. The van der Waals surface area contributed by atoms with E-state index in [-0.39, 0.29) is 25.0 Å². The number of alkyl halides is 3. The Kier molecular flexibility index (Phi) is 4.74. The number of halogens is 3. The average Bonchev–Trinajstić information content (AvgIpc) is 2.38. The predicted molar refractivity (Wildman–Crippen MR) is 77.9 cm³/mol. The quantitative estimate of drug-likeness (QED) is 0.864. The van der Waals surface area contributed by atoms with Crippen molar-refractivity contribution in [3.8, 4) is 0 Å². The van der Waals surface area contributed by atoms with Crippen molar-refractivity contribution >= 4 is 0 Å². The maximum Gasteiger partial charge on any atom is 0.412 e. The van der Waals surface area contributed by atoms with Gasteiger partial charge in [0.1, 0.15) is 0 Å². The van der Waals surface area contributed by atoms with Crippen LogP contribution in [0.25, 0.3) is 0 Å². The number of aryl methyl sites for hydroxylation is 1. The molecule has 2 nitrogen and oxygen atoms in total. The average molecular weight is 298 g/mol. The molecule has 0 radical (unpaired) electrons. The molecule has 0 bridgehead atoms. The monoisotopic (exact) mass is 298 g/mol. The van der Waals surface area contributed by atoms with Gasteiger partial charge in [-0.15, -0.1) is 0 Å². The highest BCUT2D eigenvalue weighted by atomic mass is 19.4. The third kappa shape index (κ3) is 3.86. The molecule has 1 heterocycles. The van der Waals surface area contributed by atoms with E-state index in [1.807, 2.05) is 36.9 Å². The van der Waals surface area contributed by atoms with E-state index in [2.05, 4.69) is 6.07 Å². The van der Waals surface area contributed by atoms with Crippen molar-refractivity contribution in [3.63, 3.8) is 0 Å². The molecule has 116 valence electrons. The molecule has 1 aromatic carbocycles. The van der Waals surface area contributed by atoms with Gasteiger partial charge in [0, 0.05) is 30.7 Å². The zero-order valence-corrected chi connectivity index (χ0v) is 12.3. The van der Waals surface area contributed by atoms with Gasteiger partial charge in [0.15, 0.2) is 0 Å². The summed E-state index contributed by atoms with van der Waals surface area (Å²) in [5.74, 6) is 0. The molecule has 2 N–H and O–H groups in total. The summed E-state index contributed by atoms with van der Waals surface area (Å²) in [7, 11) is 0. The standard InChI is InChI=1S/C16H21F3N2/c1-11-4-3-5-13(10-11)15(12(2)20)21-8-6-14(7-9-21)16(17,18)19/h3-6,10,12,15H,7-9,20H2,1-2H3. The lowest BCUT2D eigenvalue weighted by atomic mass is 9.95. The van der Waals surface area contributed by atoms with E-state index in [9.17, 15) is 13.2 Å². The lowest BCUT2D eigenvalue weighted by molar-refractivity contribution is -0.0965. The smallest absolute Gasteiger partial charge is 0.326 e. The van der Waals surface area contributed by atoms with Crippen molar-refractivity contribution in [2.75, 3.05) is 13.1 Å². The first-order valence-corrected chi connectivity index (χ1v) is 7.11. The van der Waals surface area contributed by atoms with Gasteiger partial charge in [-0.25, -0.2) is 0 Å². The number of rotatable bonds is 3. The van der Waals surface area contributed by atoms with Crippen LogP contribution in [0.5, 0.6) is 0 Å². The number of nitrogens with two attached hydrogens (primary N) is 1. The summed E-state index contributed by atoms with van der Waals surface area (Å²) in [6.07, 6.45) is -2.90. The van der Waals surface area contributed by atoms with Gasteiger partial charge in [-0.2, -0.15) is 13.2 Å². The Morgan fingerprint density at radius 3 is 2.48 bits per heavy atom. The summed E-state index contributed by atoms with van der Waals surface area (Å²) < 4.78 is 38.1. The van der Waals surface area contributed by atoms with Gasteiger partial charge >= 0.3 is 6.18 Å². The van der Waals surface area contributed by atoms with Crippen LogP contribution in [0, 0.1) is 6.92 Å². The van der Waals surface area contributed by atoms with Crippen molar-refractivity contribution in [1.29, 1.82) is 0 Å². The van der Waals surface area contributed by atoms with E-state index >= 15 is 0 Å². The molecule has 0 saturated carbocycles. The maximum absolute atomic E-state index is 12.7. The van der Waals surface area contributed by atoms with E-state index in [0.29, 0.717) is 6.54 Å². The molecule has 21 heavy (non-hydrogen) atoms. The van der Waals surface area contributed by atoms with E-state index in [1.54, 1.807) is 0 Å². The molecule has 0 fully saturated rings. The fourth-order valence-electron chi connectivity index (χ4n) is 2.90. The summed E-state index contributed by atoms with van der Waals surface area (Å²) in [6, 6.07) is 7.80. The van der Waals surface area contributed by atoms with Crippen molar-refractivity contribution < 1.29 is 13.2 Å². The van der Waals surface area contributed by atoms with Crippen molar-refractivity contribution in [2.24, 2.45) is 5.73 Å². The van der Waals surface area contributed by atoms with Crippen molar-refractivity contribution in [2.45, 2.75) is 38.5 Å². The second-order valence-corrected chi connectivity index (χ2v) is 5.69. The second-order valence-electron chi connectivity index (χ2n) is 5.69. The summed E-state index contributed by atoms with van der Waals surface area (Å²) >= 11 is 0. The Bertz CT molecular complexity index is 520. The highest BCUT2D eigenvalue weighted by Gasteiger charge is 2.36. The molecule has 0 amide bonds. The molecule has 0 saturated heterocycles. The summed E-state index contributed by atoms with van der Waals surface area (Å²) in [4.78, 5) is 2.02. The Hall–Kier alpha value is -1.33. The molecule has 2 rings (SSSR count). The summed E-state index contributed by atoms with van der Waals surface area (Å²) in [5.41, 5.74) is 7.85. The number of nitrogens with zero attached hydrogens (tertiary/aromatic N) is 1. The van der Waals surface area contributed by atoms with Gasteiger partial charge in [0.2, 0.25) is 0 Å². The largest absolute Gasteiger partial charge is 0.412 e. The Morgan fingerprint density at radius 2 is 2.00 bits per heavy atom. The number of hydrogen-bond donors (Lipinski definition) is 1. The van der Waals surface area contributed by atoms with Crippen LogP contribution < -0.4 is 5.73 Å². The Morgan fingerprint density at radius 1 is 1.29 bits per heavy atom. The van der Waals surface area contributed by atoms with Gasteiger partial charge in [-0.1, -0.05) is 35.9 Å². The van der Waals surface area contributed by atoms with Gasteiger partial charge in [-0.3, -0.25) is 4.90 Å². The van der Waals surface area contributed by atoms with Crippen LogP contribution in [-0.4, -0.2) is 30.2 Å². The summed E-state index contributed by atoms with van der Waals surface area (Å²) in [6.45, 7) is 4.57. The van der Waals surface area contributed by atoms with Crippen LogP contribution >= 0.6 is 0 Å². The minimum absolute atomic E-state index is 0.0263. The normalized spacial score (nSPS) is 20.0. The lowest BCUT2D eigenvalue weighted by Crippen LogP contribution is -2.42. The third-order valence-corrected chi connectivity index (χ3v) is 3.88. The van der Waals surface area contributed by atoms with Gasteiger partial charge in [0.05, 0.1) is 0 Å². The van der Waals surface area contributed by atoms with Crippen LogP contribution in [0.1, 0.15) is 30.5 Å². The molecule has 0 spiro atoms. The van der Waals surface area contributed by atoms with Crippen molar-refractivity contribution in [3.05, 3.63) is 47.0 Å². The van der Waals surface area contributed by atoms with Gasteiger partial charge in [-0.05, 0) is 25.8 Å². The molecular formula is C16H21F3N2. The Labute approximate surface area is 123 Å². The van der Waals surface area contributed by atoms with E-state index in [4.69, 9.17) is 5.73 Å². The zero-order valence-electron chi connectivity index (χ0n) is 12.3. The first-order chi connectivity index (χ1) is 9.79. The van der Waals surface area contributed by atoms with Crippen LogP contribution in [0.2, 0.25) is 0 Å². The molecule has 2 atom stereocenters. The fraction of sp³-hybridized carbons (Fsp3) is 0.500. The first-order valence-electron chi connectivity index (χ1n) is 7.11. The molecule has 1 aliphatic rings. The van der Waals surface area contributed by atoms with Crippen LogP contribution in [0.3, 0.4) is 0 Å². The van der Waals surface area contributed by atoms with Gasteiger partial charge in [0.25, 0.3) is 0 Å². The number of benzene rings is 1. The molecule has 5 heteroatoms. The molecule has 2 unspecified atom stereocenters. The van der Waals surface area contributed by atoms with E-state index < -0.39 is 11.7 Å². The molecule has 0 aromatic heterocycles. The minimum Gasteiger partial charge on any atom is -0.326 e. The molecule has 1 aromatic rings. The fourth-order valence-corrected chi connectivity index (χ4v) is 2.90. The van der Waals surface area contributed by atoms with Gasteiger partial charge < -0.3 is 5.73 Å². The third-order valence-electron chi connectivity index (χ3n) is 3.88. The van der Waals surface area contributed by atoms with Crippen LogP contribution in [-0.2, 0) is 0 Å². The molecular weight excluding hydrogens is 277 g/mol. The molecule has 0 aliphatic carbocycles. The first kappa shape index (κ1) is 16.0. The van der Waals surface area contributed by atoms with E-state index in [0.717, 1.165) is 11.1 Å². The predicted octanol–water partition coefficient (Wildman–Crippen LogP) is 3.58. The van der Waals surface area contributed by atoms with Crippen LogP contribution in [0.15, 0.2) is 35.9 Å². The second kappa shape index (κ2) is 6.20. The zero-order chi connectivity index (χ0) is 15.6. The SMILES string of the molecule is Cc1cccc(C(C(C)N)N2CC=C(C(F)(F)F)CC2)c1. The topological polar surface area (TPSA) is 29.3 Å². The molecule has 1 aliphatic heterocycles. The summed E-state index contributed by atoms with van der Waals surface area (Å²) in [5, 5.41) is 0. The highest BCUT2D eigenvalue weighted by molar-refractivity contribution is 5.27. The Balaban J connectivity index is 2.20. The maximum atomic E-state index is 12.7. The number of hydrogen-bond acceptors (Lipinski definition) is 2. The lowest BCUT2D eigenvalue weighted by Gasteiger charge is -2.37. The van der Waals surface area contributed by atoms with Crippen LogP contribution in [0.4, 0.5) is 13.2 Å². The van der Waals surface area contributed by atoms with Crippen molar-refractivity contribution in [1.82, 2.24) is 4.90 Å². The minimum atomic E-state index is -4.21.